The number of amides is 1. The number of nitrogens with one attached hydrogen (secondary N) is 1. The van der Waals surface area contributed by atoms with E-state index in [1.54, 1.807) is 17.4 Å². The molecule has 1 N–H and O–H groups in total. The molecule has 0 aliphatic heterocycles. The van der Waals surface area contributed by atoms with Crippen molar-refractivity contribution >= 4 is 27.5 Å². The van der Waals surface area contributed by atoms with Gasteiger partial charge in [0, 0.05) is 11.4 Å². The number of fused-ring (bicyclic) bond motifs is 3. The van der Waals surface area contributed by atoms with Gasteiger partial charge < -0.3 is 10.1 Å². The van der Waals surface area contributed by atoms with Crippen molar-refractivity contribution in [2.75, 3.05) is 13.2 Å². The van der Waals surface area contributed by atoms with Gasteiger partial charge in [-0.05, 0) is 30.7 Å². The lowest BCUT2D eigenvalue weighted by Gasteiger charge is -2.18. The van der Waals surface area contributed by atoms with E-state index in [0.29, 0.717) is 18.3 Å². The molecule has 3 rings (SSSR count). The fraction of sp³-hybridized carbons (Fsp3) is 0.438. The van der Waals surface area contributed by atoms with E-state index in [0.717, 1.165) is 23.1 Å². The monoisotopic (exact) mass is 317 g/mol. The second kappa shape index (κ2) is 6.44. The van der Waals surface area contributed by atoms with Crippen LogP contribution in [0.3, 0.4) is 0 Å². The van der Waals surface area contributed by atoms with Gasteiger partial charge in [0.15, 0.2) is 6.61 Å². The summed E-state index contributed by atoms with van der Waals surface area (Å²) in [5.74, 6) is 1.05. The van der Waals surface area contributed by atoms with Crippen molar-refractivity contribution in [3.63, 3.8) is 0 Å². The number of ether oxygens (including phenoxy) is 1. The zero-order valence-corrected chi connectivity index (χ0v) is 13.4. The summed E-state index contributed by atoms with van der Waals surface area (Å²) in [4.78, 5) is 22.6. The number of carbonyl (C=O) groups is 1. The zero-order valence-electron chi connectivity index (χ0n) is 12.6. The molecule has 5 nitrogen and oxygen atoms in total. The normalized spacial score (nSPS) is 17.0. The summed E-state index contributed by atoms with van der Waals surface area (Å²) in [5.41, 5.74) is 1.31. The molecule has 1 aliphatic carbocycles. The van der Waals surface area contributed by atoms with Gasteiger partial charge in [-0.25, -0.2) is 9.97 Å². The Morgan fingerprint density at radius 2 is 2.45 bits per heavy atom. The Bertz CT molecular complexity index is 711. The van der Waals surface area contributed by atoms with Gasteiger partial charge in [-0.1, -0.05) is 13.0 Å². The van der Waals surface area contributed by atoms with Gasteiger partial charge in [0.05, 0.1) is 5.39 Å². The first-order valence-corrected chi connectivity index (χ1v) is 8.26. The lowest BCUT2D eigenvalue weighted by atomic mass is 9.89. The van der Waals surface area contributed by atoms with E-state index in [-0.39, 0.29) is 12.5 Å². The maximum atomic E-state index is 11.7. The van der Waals surface area contributed by atoms with Crippen molar-refractivity contribution < 1.29 is 9.53 Å². The molecule has 6 heteroatoms. The third-order valence-corrected chi connectivity index (χ3v) is 5.00. The molecule has 0 saturated heterocycles. The van der Waals surface area contributed by atoms with Crippen LogP contribution < -0.4 is 10.1 Å². The molecule has 0 spiro atoms. The molecule has 2 aromatic heterocycles. The Morgan fingerprint density at radius 1 is 1.59 bits per heavy atom. The highest BCUT2D eigenvalue weighted by atomic mass is 32.1. The Kier molecular flexibility index (Phi) is 4.38. The van der Waals surface area contributed by atoms with Crippen molar-refractivity contribution in [3.8, 4) is 5.88 Å². The molecule has 0 unspecified atom stereocenters. The maximum Gasteiger partial charge on any atom is 0.258 e. The number of aryl methyl sites for hydroxylation is 1. The summed E-state index contributed by atoms with van der Waals surface area (Å²) in [6.07, 6.45) is 6.44. The van der Waals surface area contributed by atoms with Crippen molar-refractivity contribution in [1.29, 1.82) is 0 Å². The van der Waals surface area contributed by atoms with Crippen LogP contribution in [-0.2, 0) is 17.6 Å². The molecular weight excluding hydrogens is 298 g/mol. The van der Waals surface area contributed by atoms with Crippen LogP contribution in [0.25, 0.3) is 10.2 Å². The number of rotatable bonds is 5. The van der Waals surface area contributed by atoms with Crippen LogP contribution in [-0.4, -0.2) is 29.0 Å². The first kappa shape index (κ1) is 15.0. The zero-order chi connectivity index (χ0) is 15.5. The van der Waals surface area contributed by atoms with Gasteiger partial charge in [0.25, 0.3) is 5.91 Å². The molecular formula is C16H19N3O2S. The second-order valence-electron chi connectivity index (χ2n) is 5.59. The second-order valence-corrected chi connectivity index (χ2v) is 6.68. The Hall–Kier alpha value is -1.95. The summed E-state index contributed by atoms with van der Waals surface area (Å²) in [7, 11) is 0. The van der Waals surface area contributed by atoms with E-state index in [2.05, 4.69) is 28.8 Å². The van der Waals surface area contributed by atoms with E-state index in [1.165, 1.54) is 23.2 Å². The standard InChI is InChI=1S/C16H19N3O2S/c1-3-6-17-13(20)8-21-15-14-11-5-4-10(2)7-12(11)22-16(14)19-9-18-15/h3,9-10H,1,4-8H2,2H3,(H,17,20)/t10-/m1/s1. The third kappa shape index (κ3) is 2.97. The Labute approximate surface area is 133 Å². The van der Waals surface area contributed by atoms with Crippen LogP contribution in [0.4, 0.5) is 0 Å². The molecule has 22 heavy (non-hydrogen) atoms. The number of thiophene rings is 1. The fourth-order valence-corrected chi connectivity index (χ4v) is 4.07. The van der Waals surface area contributed by atoms with E-state index in [4.69, 9.17) is 4.74 Å². The van der Waals surface area contributed by atoms with Crippen LogP contribution in [0.5, 0.6) is 5.88 Å². The van der Waals surface area contributed by atoms with Crippen molar-refractivity contribution in [3.05, 3.63) is 29.4 Å². The van der Waals surface area contributed by atoms with Gasteiger partial charge in [-0.15, -0.1) is 17.9 Å². The minimum Gasteiger partial charge on any atom is -0.467 e. The lowest BCUT2D eigenvalue weighted by molar-refractivity contribution is -0.122. The van der Waals surface area contributed by atoms with Crippen LogP contribution in [0, 0.1) is 5.92 Å². The quantitative estimate of drug-likeness (QED) is 0.861. The van der Waals surface area contributed by atoms with Crippen LogP contribution in [0.1, 0.15) is 23.8 Å². The molecule has 116 valence electrons. The first-order chi connectivity index (χ1) is 10.7. The van der Waals surface area contributed by atoms with Gasteiger partial charge in [-0.2, -0.15) is 0 Å². The van der Waals surface area contributed by atoms with Crippen molar-refractivity contribution in [1.82, 2.24) is 15.3 Å². The number of aromatic nitrogens is 2. The van der Waals surface area contributed by atoms with Gasteiger partial charge in [-0.3, -0.25) is 4.79 Å². The largest absolute Gasteiger partial charge is 0.467 e. The average Bonchev–Trinajstić information content (AvgIpc) is 2.88. The van der Waals surface area contributed by atoms with E-state index < -0.39 is 0 Å². The summed E-state index contributed by atoms with van der Waals surface area (Å²) in [6.45, 7) is 6.24. The molecule has 2 aromatic rings. The van der Waals surface area contributed by atoms with Gasteiger partial charge >= 0.3 is 0 Å². The first-order valence-electron chi connectivity index (χ1n) is 7.44. The molecule has 0 fully saturated rings. The highest BCUT2D eigenvalue weighted by molar-refractivity contribution is 7.18. The summed E-state index contributed by atoms with van der Waals surface area (Å²) >= 11 is 1.72. The summed E-state index contributed by atoms with van der Waals surface area (Å²) < 4.78 is 5.64. The molecule has 1 amide bonds. The Balaban J connectivity index is 1.84. The molecule has 1 atom stereocenters. The molecule has 0 saturated carbocycles. The fourth-order valence-electron chi connectivity index (χ4n) is 2.73. The molecule has 1 aliphatic rings. The van der Waals surface area contributed by atoms with Crippen molar-refractivity contribution in [2.24, 2.45) is 5.92 Å². The molecule has 0 aromatic carbocycles. The number of hydrogen-bond donors (Lipinski definition) is 1. The van der Waals surface area contributed by atoms with E-state index >= 15 is 0 Å². The predicted molar refractivity (Wildman–Crippen MR) is 87.3 cm³/mol. The summed E-state index contributed by atoms with van der Waals surface area (Å²) in [6, 6.07) is 0. The highest BCUT2D eigenvalue weighted by Crippen LogP contribution is 2.40. The number of nitrogens with zero attached hydrogens (tertiary/aromatic N) is 2. The minimum atomic E-state index is -0.176. The van der Waals surface area contributed by atoms with Crippen LogP contribution >= 0.6 is 11.3 Å². The molecule has 2 heterocycles. The maximum absolute atomic E-state index is 11.7. The van der Waals surface area contributed by atoms with Gasteiger partial charge in [0.1, 0.15) is 11.2 Å². The molecule has 0 radical (unpaired) electrons. The van der Waals surface area contributed by atoms with E-state index in [9.17, 15) is 4.79 Å². The topological polar surface area (TPSA) is 64.1 Å². The number of hydrogen-bond acceptors (Lipinski definition) is 5. The number of carbonyl (C=O) groups excluding carboxylic acids is 1. The molecule has 0 bridgehead atoms. The van der Waals surface area contributed by atoms with Gasteiger partial charge in [0.2, 0.25) is 5.88 Å². The highest BCUT2D eigenvalue weighted by Gasteiger charge is 2.23. The van der Waals surface area contributed by atoms with Crippen molar-refractivity contribution in [2.45, 2.75) is 26.2 Å². The minimum absolute atomic E-state index is 0.0407. The lowest BCUT2D eigenvalue weighted by Crippen LogP contribution is -2.29. The van der Waals surface area contributed by atoms with Crippen LogP contribution in [0.15, 0.2) is 19.0 Å². The third-order valence-electron chi connectivity index (χ3n) is 3.84. The average molecular weight is 317 g/mol. The van der Waals surface area contributed by atoms with E-state index in [1.807, 2.05) is 0 Å². The smallest absolute Gasteiger partial charge is 0.258 e. The van der Waals surface area contributed by atoms with Crippen LogP contribution in [0.2, 0.25) is 0 Å². The SMILES string of the molecule is C=CCNC(=O)COc1ncnc2sc3c(c12)CC[C@@H](C)C3. The Morgan fingerprint density at radius 3 is 3.27 bits per heavy atom. The summed E-state index contributed by atoms with van der Waals surface area (Å²) in [5, 5.41) is 3.68. The predicted octanol–water partition coefficient (Wildman–Crippen LogP) is 2.50.